The van der Waals surface area contributed by atoms with Gasteiger partial charge >= 0.3 is 6.08 Å². The van der Waals surface area contributed by atoms with E-state index < -0.39 is 11.9 Å². The third-order valence-electron chi connectivity index (χ3n) is 4.05. The summed E-state index contributed by atoms with van der Waals surface area (Å²) >= 11 is 11.9. The lowest BCUT2D eigenvalue weighted by Crippen LogP contribution is -2.31. The molecule has 5 nitrogen and oxygen atoms in total. The molecular weight excluding hydrogens is 337 g/mol. The monoisotopic (exact) mass is 346 g/mol. The highest BCUT2D eigenvalue weighted by atomic mass is 35.5. The third-order valence-corrected chi connectivity index (χ3v) is 4.89. The number of anilines is 1. The van der Waals surface area contributed by atoms with Gasteiger partial charge in [0.1, 0.15) is 11.3 Å². The average Bonchev–Trinajstić information content (AvgIpc) is 3.18. The predicted molar refractivity (Wildman–Crippen MR) is 77.3 cm³/mol. The van der Waals surface area contributed by atoms with Crippen molar-refractivity contribution in [1.82, 2.24) is 15.0 Å². The van der Waals surface area contributed by atoms with Crippen LogP contribution in [-0.2, 0) is 4.74 Å². The molecule has 116 valence electrons. The zero-order valence-corrected chi connectivity index (χ0v) is 12.7. The number of fused-ring (bicyclic) bond motifs is 2. The lowest BCUT2D eigenvalue weighted by molar-refractivity contribution is 0.139. The molecule has 1 saturated carbocycles. The molecule has 1 aliphatic carbocycles. The van der Waals surface area contributed by atoms with Gasteiger partial charge in [0.05, 0.1) is 30.0 Å². The number of nitrogens with zero attached hydrogens (tertiary/aromatic N) is 4. The molecule has 0 bridgehead atoms. The summed E-state index contributed by atoms with van der Waals surface area (Å²) in [6.45, 7) is 1.51. The Labute approximate surface area is 134 Å². The van der Waals surface area contributed by atoms with Crippen LogP contribution in [0, 0.1) is 17.8 Å². The van der Waals surface area contributed by atoms with E-state index in [9.17, 15) is 8.78 Å². The largest absolute Gasteiger partial charge is 0.379 e. The van der Waals surface area contributed by atoms with E-state index in [0.29, 0.717) is 25.1 Å². The number of aromatic nitrogens is 3. The summed E-state index contributed by atoms with van der Waals surface area (Å²) in [7, 11) is 0. The zero-order chi connectivity index (χ0) is 15.4. The van der Waals surface area contributed by atoms with E-state index in [1.54, 1.807) is 0 Å². The molecule has 9 heteroatoms. The van der Waals surface area contributed by atoms with E-state index in [2.05, 4.69) is 15.0 Å². The number of rotatable bonds is 1. The lowest BCUT2D eigenvalue weighted by Gasteiger charge is -2.23. The van der Waals surface area contributed by atoms with Gasteiger partial charge < -0.3 is 9.64 Å². The second-order valence-electron chi connectivity index (χ2n) is 5.31. The summed E-state index contributed by atoms with van der Waals surface area (Å²) in [5.74, 6) is -0.431. The number of halogens is 4. The molecule has 22 heavy (non-hydrogen) atoms. The minimum Gasteiger partial charge on any atom is -0.379 e. The van der Waals surface area contributed by atoms with Crippen molar-refractivity contribution in [2.24, 2.45) is 5.92 Å². The van der Waals surface area contributed by atoms with E-state index in [1.807, 2.05) is 4.90 Å². The number of pyridine rings is 1. The highest BCUT2D eigenvalue weighted by Gasteiger charge is 2.54. The number of hydrogen-bond donors (Lipinski definition) is 0. The Kier molecular flexibility index (Phi) is 3.32. The summed E-state index contributed by atoms with van der Waals surface area (Å²) in [5.41, 5.74) is -0.184. The number of ether oxygens (including phenoxy) is 1. The number of hydrogen-bond acceptors (Lipinski definition) is 5. The van der Waals surface area contributed by atoms with Crippen LogP contribution in [0.15, 0.2) is 6.20 Å². The molecule has 0 spiro atoms. The third kappa shape index (κ3) is 2.11. The van der Waals surface area contributed by atoms with E-state index >= 15 is 0 Å². The Hall–Kier alpha value is -1.31. The van der Waals surface area contributed by atoms with Crippen LogP contribution in [0.3, 0.4) is 0 Å². The smallest absolute Gasteiger partial charge is 0.311 e. The van der Waals surface area contributed by atoms with Gasteiger partial charge in [-0.1, -0.05) is 11.6 Å². The van der Waals surface area contributed by atoms with Crippen molar-refractivity contribution >= 4 is 39.9 Å². The summed E-state index contributed by atoms with van der Waals surface area (Å²) in [5, 5.41) is -0.145. The van der Waals surface area contributed by atoms with Gasteiger partial charge in [0.2, 0.25) is 0 Å². The van der Waals surface area contributed by atoms with Crippen molar-refractivity contribution in [2.45, 2.75) is 11.4 Å². The minimum absolute atomic E-state index is 0.0135. The fourth-order valence-electron chi connectivity index (χ4n) is 2.90. The van der Waals surface area contributed by atoms with Crippen LogP contribution >= 0.6 is 23.2 Å². The van der Waals surface area contributed by atoms with Gasteiger partial charge in [-0.3, -0.25) is 0 Å². The molecule has 3 atom stereocenters. The van der Waals surface area contributed by atoms with Crippen molar-refractivity contribution in [3.05, 3.63) is 23.2 Å². The van der Waals surface area contributed by atoms with Gasteiger partial charge in [0.15, 0.2) is 11.0 Å². The molecule has 3 heterocycles. The Morgan fingerprint density at radius 3 is 2.95 bits per heavy atom. The minimum atomic E-state index is -1.02. The quantitative estimate of drug-likeness (QED) is 0.451. The van der Waals surface area contributed by atoms with Gasteiger partial charge in [0.25, 0.3) is 0 Å². The molecule has 2 aromatic heterocycles. The summed E-state index contributed by atoms with van der Waals surface area (Å²) in [6.07, 6.45) is 0.333. The molecule has 2 aliphatic rings. The van der Waals surface area contributed by atoms with Crippen LogP contribution in [-0.4, -0.2) is 46.1 Å². The SMILES string of the molecule is Fc1nc(N2CCOCC3C(Cl)C32)c2cnc(Cl)c(F)c2n1. The molecule has 2 fully saturated rings. The molecule has 1 aliphatic heterocycles. The second kappa shape index (κ2) is 5.11. The Morgan fingerprint density at radius 1 is 1.32 bits per heavy atom. The van der Waals surface area contributed by atoms with Crippen LogP contribution in [0.1, 0.15) is 0 Å². The number of alkyl halides is 1. The molecule has 0 radical (unpaired) electrons. The highest BCUT2D eigenvalue weighted by molar-refractivity contribution is 6.30. The second-order valence-corrected chi connectivity index (χ2v) is 6.17. The summed E-state index contributed by atoms with van der Waals surface area (Å²) in [6, 6.07) is -0.0135. The molecule has 3 unspecified atom stereocenters. The van der Waals surface area contributed by atoms with Crippen molar-refractivity contribution in [3.63, 3.8) is 0 Å². The zero-order valence-electron chi connectivity index (χ0n) is 11.1. The molecule has 4 rings (SSSR count). The van der Waals surface area contributed by atoms with Gasteiger partial charge in [-0.05, 0) is 0 Å². The molecular formula is C13H10Cl2F2N4O. The van der Waals surface area contributed by atoms with Gasteiger partial charge in [-0.25, -0.2) is 9.37 Å². The highest BCUT2D eigenvalue weighted by Crippen LogP contribution is 2.45. The first kappa shape index (κ1) is 14.3. The summed E-state index contributed by atoms with van der Waals surface area (Å²) < 4.78 is 33.3. The first-order valence-corrected chi connectivity index (χ1v) is 7.55. The maximum absolute atomic E-state index is 14.1. The van der Waals surface area contributed by atoms with E-state index in [4.69, 9.17) is 27.9 Å². The Morgan fingerprint density at radius 2 is 2.14 bits per heavy atom. The predicted octanol–water partition coefficient (Wildman–Crippen LogP) is 2.40. The molecule has 2 aromatic rings. The molecule has 1 saturated heterocycles. The van der Waals surface area contributed by atoms with Crippen LogP contribution in [0.4, 0.5) is 14.6 Å². The van der Waals surface area contributed by atoms with Gasteiger partial charge in [-0.2, -0.15) is 14.4 Å². The van der Waals surface area contributed by atoms with Crippen molar-refractivity contribution in [2.75, 3.05) is 24.7 Å². The van der Waals surface area contributed by atoms with Crippen LogP contribution < -0.4 is 4.90 Å². The fraction of sp³-hybridized carbons (Fsp3) is 0.462. The normalized spacial score (nSPS) is 27.6. The topological polar surface area (TPSA) is 51.1 Å². The van der Waals surface area contributed by atoms with Crippen LogP contribution in [0.25, 0.3) is 10.9 Å². The Bertz CT molecular complexity index is 762. The van der Waals surface area contributed by atoms with Gasteiger partial charge in [-0.15, -0.1) is 11.6 Å². The Balaban J connectivity index is 1.89. The van der Waals surface area contributed by atoms with Gasteiger partial charge in [0, 0.05) is 18.7 Å². The van der Waals surface area contributed by atoms with E-state index in [1.165, 1.54) is 6.20 Å². The average molecular weight is 347 g/mol. The van der Waals surface area contributed by atoms with Crippen molar-refractivity contribution in [1.29, 1.82) is 0 Å². The van der Waals surface area contributed by atoms with Crippen LogP contribution in [0.5, 0.6) is 0 Å². The van der Waals surface area contributed by atoms with E-state index in [-0.39, 0.29) is 33.8 Å². The van der Waals surface area contributed by atoms with Crippen molar-refractivity contribution < 1.29 is 13.5 Å². The molecule has 0 aromatic carbocycles. The lowest BCUT2D eigenvalue weighted by atomic mass is 10.2. The maximum Gasteiger partial charge on any atom is 0.311 e. The molecule has 0 amide bonds. The van der Waals surface area contributed by atoms with E-state index in [0.717, 1.165) is 0 Å². The first-order valence-electron chi connectivity index (χ1n) is 6.73. The fourth-order valence-corrected chi connectivity index (χ4v) is 3.50. The molecule has 0 N–H and O–H groups in total. The maximum atomic E-state index is 14.1. The van der Waals surface area contributed by atoms with Crippen LogP contribution in [0.2, 0.25) is 5.15 Å². The first-order chi connectivity index (χ1) is 10.6. The standard InChI is InChI=1S/C13H10Cl2F2N4O/c14-7-6-4-22-2-1-21(10(6)7)12-5-3-18-11(15)8(16)9(5)19-13(17)20-12/h3,6-7,10H,1-2,4H2. The van der Waals surface area contributed by atoms with Crippen molar-refractivity contribution in [3.8, 4) is 0 Å². The summed E-state index contributed by atoms with van der Waals surface area (Å²) in [4.78, 5) is 13.0.